The monoisotopic (exact) mass is 1730 g/mol. The zero-order chi connectivity index (χ0) is 92.1. The zero-order valence-electron chi connectivity index (χ0n) is 80.5. The Bertz CT molecular complexity index is 7740. The van der Waals surface area contributed by atoms with Crippen LogP contribution in [0.5, 0.6) is 0 Å². The second-order valence-electron chi connectivity index (χ2n) is 44.8. The van der Waals surface area contributed by atoms with Crippen molar-refractivity contribution in [3.63, 3.8) is 0 Å². The van der Waals surface area contributed by atoms with Gasteiger partial charge in [-0.1, -0.05) is 379 Å². The molecule has 134 heavy (non-hydrogen) atoms. The summed E-state index contributed by atoms with van der Waals surface area (Å²) in [5, 5.41) is 2.44. The molecule has 0 amide bonds. The van der Waals surface area contributed by atoms with Crippen LogP contribution in [0.3, 0.4) is 0 Å². The lowest BCUT2D eigenvalue weighted by Crippen LogP contribution is -2.65. The van der Waals surface area contributed by atoms with Gasteiger partial charge in [0, 0.05) is 84.5 Å². The third kappa shape index (κ3) is 12.5. The molecule has 5 heterocycles. The van der Waals surface area contributed by atoms with Gasteiger partial charge in [-0.3, -0.25) is 0 Å². The molecule has 5 nitrogen and oxygen atoms in total. The molecule has 1 aromatic heterocycles. The summed E-state index contributed by atoms with van der Waals surface area (Å²) in [5.41, 5.74) is 47.6. The Morgan fingerprint density at radius 3 is 1.02 bits per heavy atom. The quantitative estimate of drug-likeness (QED) is 0.141. The Morgan fingerprint density at radius 2 is 0.560 bits per heavy atom. The van der Waals surface area contributed by atoms with Crippen LogP contribution in [0.15, 0.2) is 358 Å². The van der Waals surface area contributed by atoms with Crippen LogP contribution in [-0.2, 0) is 37.9 Å². The lowest BCUT2D eigenvalue weighted by Gasteiger charge is -2.48. The van der Waals surface area contributed by atoms with Gasteiger partial charge in [-0.05, 0) is 269 Å². The highest BCUT2D eigenvalue weighted by Gasteiger charge is 2.55. The number of nitrogens with zero attached hydrogens (tertiary/aromatic N) is 5. The van der Waals surface area contributed by atoms with E-state index < -0.39 is 5.41 Å². The summed E-state index contributed by atoms with van der Waals surface area (Å²) in [6, 6.07) is 141. The number of anilines is 12. The van der Waals surface area contributed by atoms with E-state index in [1.54, 1.807) is 0 Å². The van der Waals surface area contributed by atoms with Crippen LogP contribution in [0.2, 0.25) is 0 Å². The van der Waals surface area contributed by atoms with E-state index in [-0.39, 0.29) is 45.9 Å². The van der Waals surface area contributed by atoms with Crippen molar-refractivity contribution in [2.45, 2.75) is 163 Å². The van der Waals surface area contributed by atoms with Gasteiger partial charge in [-0.2, -0.15) is 0 Å². The van der Waals surface area contributed by atoms with E-state index in [1.165, 1.54) is 133 Å². The first-order valence-corrected chi connectivity index (χ1v) is 48.3. The van der Waals surface area contributed by atoms with E-state index >= 15 is 0 Å². The maximum absolute atomic E-state index is 2.84. The number of fused-ring (bicyclic) bond motifs is 21. The Morgan fingerprint density at radius 1 is 0.209 bits per heavy atom. The van der Waals surface area contributed by atoms with Crippen molar-refractivity contribution >= 4 is 136 Å². The van der Waals surface area contributed by atoms with E-state index in [4.69, 9.17) is 0 Å². The molecule has 18 aromatic rings. The molecule has 0 N–H and O–H groups in total. The number of aromatic nitrogens is 1. The van der Waals surface area contributed by atoms with Gasteiger partial charge in [0.15, 0.2) is 0 Å². The van der Waals surface area contributed by atoms with E-state index in [0.29, 0.717) is 0 Å². The fraction of sp³-hybridized carbons (Fsp3) is 0.197. The summed E-state index contributed by atoms with van der Waals surface area (Å²) in [6.07, 6.45) is 0. The van der Waals surface area contributed by atoms with E-state index in [9.17, 15) is 0 Å². The van der Waals surface area contributed by atoms with Gasteiger partial charge in [-0.25, -0.2) is 0 Å². The fourth-order valence-electron chi connectivity index (χ4n) is 23.6. The van der Waals surface area contributed by atoms with Crippen LogP contribution in [0.1, 0.15) is 180 Å². The van der Waals surface area contributed by atoms with Crippen LogP contribution in [0.4, 0.5) is 68.2 Å². The molecule has 0 saturated carbocycles. The lowest BCUT2D eigenvalue weighted by atomic mass is 9.30. The molecule has 652 valence electrons. The van der Waals surface area contributed by atoms with Crippen molar-refractivity contribution in [3.8, 4) is 61.3 Å². The molecule has 0 radical (unpaired) electrons. The van der Waals surface area contributed by atoms with Crippen LogP contribution in [0.25, 0.3) is 83.1 Å². The van der Waals surface area contributed by atoms with Crippen molar-refractivity contribution in [3.05, 3.63) is 414 Å². The first kappa shape index (κ1) is 83.0. The van der Waals surface area contributed by atoms with Crippen molar-refractivity contribution in [2.24, 2.45) is 0 Å². The largest absolute Gasteiger partial charge is 0.311 e. The summed E-state index contributed by atoms with van der Waals surface area (Å²) in [5.74, 6) is 0. The van der Waals surface area contributed by atoms with Crippen molar-refractivity contribution < 1.29 is 0 Å². The number of benzene rings is 17. The molecular formula is C127H113B2N5. The maximum atomic E-state index is 2.84. The van der Waals surface area contributed by atoms with E-state index in [1.807, 2.05) is 0 Å². The topological polar surface area (TPSA) is 17.9 Å². The minimum atomic E-state index is -0.679. The highest BCUT2D eigenvalue weighted by molar-refractivity contribution is 7.03. The molecular weight excluding hydrogens is 1620 g/mol. The number of para-hydroxylation sites is 4. The van der Waals surface area contributed by atoms with Crippen LogP contribution in [0, 0.1) is 0 Å². The predicted octanol–water partition coefficient (Wildman–Crippen LogP) is 30.1. The molecule has 7 heteroatoms. The normalized spacial score (nSPS) is 14.3. The minimum Gasteiger partial charge on any atom is -0.311 e. The molecule has 24 rings (SSSR count). The van der Waals surface area contributed by atoms with Crippen molar-refractivity contribution in [1.29, 1.82) is 0 Å². The first-order valence-electron chi connectivity index (χ1n) is 48.3. The average Bonchev–Trinajstić information content (AvgIpc) is 0.786. The molecule has 0 unspecified atom stereocenters. The van der Waals surface area contributed by atoms with Crippen LogP contribution in [-0.4, -0.2) is 18.0 Å². The highest BCUT2D eigenvalue weighted by Crippen LogP contribution is 2.66. The Kier molecular flexibility index (Phi) is 18.2. The molecule has 0 bridgehead atoms. The number of hydrogen-bond acceptors (Lipinski definition) is 4. The summed E-state index contributed by atoms with van der Waals surface area (Å²) in [4.78, 5) is 11.0. The van der Waals surface area contributed by atoms with Crippen LogP contribution >= 0.6 is 0 Å². The maximum Gasteiger partial charge on any atom is 0.252 e. The summed E-state index contributed by atoms with van der Waals surface area (Å²) in [7, 11) is 0. The van der Waals surface area contributed by atoms with Gasteiger partial charge in [-0.15, -0.1) is 0 Å². The zero-order valence-corrected chi connectivity index (χ0v) is 80.5. The lowest BCUT2D eigenvalue weighted by molar-refractivity contribution is 0.568. The molecule has 6 aliphatic rings. The third-order valence-electron chi connectivity index (χ3n) is 30.4. The first-order chi connectivity index (χ1) is 64.3. The van der Waals surface area contributed by atoms with Gasteiger partial charge in [0.2, 0.25) is 0 Å². The standard InChI is InChI=1S/C127H113B2N5/c1-121(2,3)81-45-39-46-87(67-81)130-111-77-112-106(76-105(111)128-104-58-34-38-62-110(104)133(89-70-84(124(10,11)12)66-85(71-89)125(13,14)15)116-75-90(74-115(130)119(116)128)131-107-59-35-28-50-95(107)96-51-29-36-60-108(96)131)129-103-57-33-37-61-109(103)132(88-68-82(122(4,5)6)65-83(69-88)123(7,8)9)113-63-80(91-52-40-53-97-94-49-27-32-56-102(94)127(117(91)97)100-54-30-25-47-92(100)93-48-26-31-55-101(93)127)64-114(118(113)129)134(112)120-98(78-41-21-19-22-42-78)72-86(126(16,17)18)73-99(120)79-43-23-20-24-44-79/h19-77H,1-18H3. The van der Waals surface area contributed by atoms with Crippen LogP contribution < -0.4 is 52.4 Å². The molecule has 0 fully saturated rings. The smallest absolute Gasteiger partial charge is 0.252 e. The Balaban J connectivity index is 0.894. The minimum absolute atomic E-state index is 0.176. The van der Waals surface area contributed by atoms with E-state index in [0.717, 1.165) is 107 Å². The molecule has 0 saturated heterocycles. The van der Waals surface area contributed by atoms with Crippen molar-refractivity contribution in [2.75, 3.05) is 19.6 Å². The summed E-state index contributed by atoms with van der Waals surface area (Å²) >= 11 is 0. The second kappa shape index (κ2) is 29.4. The van der Waals surface area contributed by atoms with Gasteiger partial charge < -0.3 is 24.2 Å². The molecule has 1 spiro atoms. The number of rotatable bonds is 8. The highest BCUT2D eigenvalue weighted by atomic mass is 15.2. The Labute approximate surface area is 792 Å². The summed E-state index contributed by atoms with van der Waals surface area (Å²) < 4.78 is 2.57. The third-order valence-corrected chi connectivity index (χ3v) is 30.4. The van der Waals surface area contributed by atoms with Gasteiger partial charge in [0.25, 0.3) is 13.4 Å². The molecule has 2 aliphatic carbocycles. The predicted molar refractivity (Wildman–Crippen MR) is 574 cm³/mol. The number of hydrogen-bond donors (Lipinski definition) is 0. The van der Waals surface area contributed by atoms with Gasteiger partial charge in [0.05, 0.1) is 27.8 Å². The van der Waals surface area contributed by atoms with Gasteiger partial charge in [0.1, 0.15) is 0 Å². The SMILES string of the molecule is CC(C)(C)c1cccc(N2c3cc4c(cc3B3c5ccccc5N(c5cc(C(C)(C)C)cc(C(C)(C)C)c5)c5cc(-n6c7ccccc7c7ccccc76)cc2c53)B2c3ccccc3N(c3cc(C(C)(C)C)cc(C(C)(C)C)c3)c3cc(-c5cccc6c5C5(c7ccccc7-c7ccccc75)c5ccccc5-6)cc(c32)N4c2c(-c3ccccc3)cc(C(C)(C)C)cc2-c2ccccc2)c1. The molecule has 17 aromatic carbocycles. The second-order valence-corrected chi connectivity index (χ2v) is 44.8. The van der Waals surface area contributed by atoms with Gasteiger partial charge >= 0.3 is 0 Å². The molecule has 0 atom stereocenters. The average molecular weight is 1730 g/mol. The van der Waals surface area contributed by atoms with Crippen molar-refractivity contribution in [1.82, 2.24) is 4.57 Å². The summed E-state index contributed by atoms with van der Waals surface area (Å²) in [6.45, 7) is 42.3. The molecule has 4 aliphatic heterocycles. The fourth-order valence-corrected chi connectivity index (χ4v) is 23.6. The Hall–Kier alpha value is -14.1. The van der Waals surface area contributed by atoms with E-state index in [2.05, 4.69) is 507 Å².